The number of anilines is 2. The van der Waals surface area contributed by atoms with Gasteiger partial charge in [0.2, 0.25) is 5.91 Å². The highest BCUT2D eigenvalue weighted by atomic mass is 79.9. The molecule has 0 atom stereocenters. The maximum Gasteiger partial charge on any atom is 0.227 e. The zero-order valence-corrected chi connectivity index (χ0v) is 19.2. The van der Waals surface area contributed by atoms with Crippen LogP contribution in [0.4, 0.5) is 15.9 Å². The number of aromatic amines is 1. The summed E-state index contributed by atoms with van der Waals surface area (Å²) >= 11 is 3.56. The maximum atomic E-state index is 13.1. The zero-order valence-electron chi connectivity index (χ0n) is 17.6. The van der Waals surface area contributed by atoms with Crippen molar-refractivity contribution in [3.8, 4) is 11.5 Å². The molecule has 5 rings (SSSR count). The number of rotatable bonds is 5. The third-order valence-corrected chi connectivity index (χ3v) is 6.34. The second-order valence-corrected chi connectivity index (χ2v) is 8.75. The van der Waals surface area contributed by atoms with E-state index in [1.54, 1.807) is 30.6 Å². The molecule has 1 saturated heterocycles. The lowest BCUT2D eigenvalue weighted by Crippen LogP contribution is -2.38. The number of H-pyrrole nitrogens is 1. The van der Waals surface area contributed by atoms with Crippen molar-refractivity contribution < 1.29 is 13.9 Å². The summed E-state index contributed by atoms with van der Waals surface area (Å²) in [4.78, 5) is 27.0. The zero-order chi connectivity index (χ0) is 22.8. The summed E-state index contributed by atoms with van der Waals surface area (Å²) in [5.74, 6) is 1.55. The first-order valence-electron chi connectivity index (χ1n) is 10.6. The van der Waals surface area contributed by atoms with Gasteiger partial charge in [0.25, 0.3) is 0 Å². The molecule has 7 nitrogen and oxygen atoms in total. The van der Waals surface area contributed by atoms with E-state index in [4.69, 9.17) is 4.74 Å². The Hall–Kier alpha value is -3.46. The van der Waals surface area contributed by atoms with Crippen LogP contribution in [-0.2, 0) is 4.79 Å². The van der Waals surface area contributed by atoms with Gasteiger partial charge < -0.3 is 19.9 Å². The number of amides is 1. The lowest BCUT2D eigenvalue weighted by atomic mass is 9.95. The first-order valence-corrected chi connectivity index (χ1v) is 11.4. The monoisotopic (exact) mass is 509 g/mol. The fourth-order valence-corrected chi connectivity index (χ4v) is 4.50. The number of hydrogen-bond donors (Lipinski definition) is 2. The molecule has 2 N–H and O–H groups in total. The third-order valence-electron chi connectivity index (χ3n) is 5.72. The molecule has 2 aromatic heterocycles. The van der Waals surface area contributed by atoms with Gasteiger partial charge in [-0.2, -0.15) is 0 Å². The van der Waals surface area contributed by atoms with Crippen LogP contribution < -0.4 is 15.0 Å². The predicted molar refractivity (Wildman–Crippen MR) is 128 cm³/mol. The normalized spacial score (nSPS) is 14.4. The van der Waals surface area contributed by atoms with Crippen LogP contribution in [0.3, 0.4) is 0 Å². The number of benzene rings is 2. The number of piperidine rings is 1. The molecule has 0 aliphatic carbocycles. The van der Waals surface area contributed by atoms with Gasteiger partial charge in [-0.1, -0.05) is 6.07 Å². The van der Waals surface area contributed by atoms with Crippen molar-refractivity contribution in [1.82, 2.24) is 15.0 Å². The molecular weight excluding hydrogens is 489 g/mol. The Kier molecular flexibility index (Phi) is 5.95. The van der Waals surface area contributed by atoms with E-state index in [2.05, 4.69) is 41.1 Å². The predicted octanol–water partition coefficient (Wildman–Crippen LogP) is 5.51. The molecule has 1 amide bonds. The highest BCUT2D eigenvalue weighted by Gasteiger charge is 2.27. The average molecular weight is 510 g/mol. The molecule has 0 radical (unpaired) electrons. The number of nitrogens with one attached hydrogen (secondary N) is 2. The van der Waals surface area contributed by atoms with Gasteiger partial charge in [-0.15, -0.1) is 0 Å². The lowest BCUT2D eigenvalue weighted by molar-refractivity contribution is -0.120. The number of halogens is 2. The lowest BCUT2D eigenvalue weighted by Gasteiger charge is -2.32. The number of fused-ring (bicyclic) bond motifs is 1. The van der Waals surface area contributed by atoms with Gasteiger partial charge in [-0.3, -0.25) is 4.79 Å². The van der Waals surface area contributed by atoms with E-state index in [1.807, 2.05) is 18.3 Å². The molecule has 2 aromatic carbocycles. The van der Waals surface area contributed by atoms with Crippen molar-refractivity contribution in [1.29, 1.82) is 0 Å². The molecule has 1 fully saturated rings. The van der Waals surface area contributed by atoms with Gasteiger partial charge in [0.05, 0.1) is 5.39 Å². The summed E-state index contributed by atoms with van der Waals surface area (Å²) in [5.41, 5.74) is 1.45. The van der Waals surface area contributed by atoms with Crippen molar-refractivity contribution in [3.63, 3.8) is 0 Å². The molecule has 0 unspecified atom stereocenters. The molecule has 33 heavy (non-hydrogen) atoms. The molecule has 9 heteroatoms. The van der Waals surface area contributed by atoms with Gasteiger partial charge in [0.15, 0.2) is 0 Å². The molecule has 1 aliphatic rings. The van der Waals surface area contributed by atoms with Gasteiger partial charge >= 0.3 is 0 Å². The second-order valence-electron chi connectivity index (χ2n) is 7.89. The number of carbonyl (C=O) groups excluding carboxylic acids is 1. The largest absolute Gasteiger partial charge is 0.457 e. The molecule has 0 saturated carbocycles. The van der Waals surface area contributed by atoms with Crippen molar-refractivity contribution in [3.05, 3.63) is 71.3 Å². The third kappa shape index (κ3) is 4.68. The van der Waals surface area contributed by atoms with E-state index in [1.165, 1.54) is 12.1 Å². The Morgan fingerprint density at radius 1 is 1.12 bits per heavy atom. The SMILES string of the molecule is O=C(Nc1cccc(Oc2ccc(F)cc2)c1)C1CCN(c2ncnc3[nH]cc(Br)c23)CC1. The minimum atomic E-state index is -0.320. The van der Waals surface area contributed by atoms with Crippen molar-refractivity contribution in [2.75, 3.05) is 23.3 Å². The number of ether oxygens (including phenoxy) is 1. The van der Waals surface area contributed by atoms with E-state index in [0.717, 1.165) is 47.3 Å². The standard InChI is InChI=1S/C24H21BrFN5O2/c25-20-13-27-22-21(20)23(29-14-28-22)31-10-8-15(9-11-31)24(32)30-17-2-1-3-19(12-17)33-18-6-4-16(26)5-7-18/h1-7,12-15H,8-11H2,(H,30,32)(H,27,28,29). The summed E-state index contributed by atoms with van der Waals surface area (Å²) in [6.07, 6.45) is 4.87. The van der Waals surface area contributed by atoms with Crippen LogP contribution in [0, 0.1) is 11.7 Å². The smallest absolute Gasteiger partial charge is 0.227 e. The summed E-state index contributed by atoms with van der Waals surface area (Å²) in [7, 11) is 0. The summed E-state index contributed by atoms with van der Waals surface area (Å²) in [6.45, 7) is 1.46. The quantitative estimate of drug-likeness (QED) is 0.370. The first-order chi connectivity index (χ1) is 16.1. The van der Waals surface area contributed by atoms with Crippen LogP contribution in [0.2, 0.25) is 0 Å². The van der Waals surface area contributed by atoms with E-state index in [0.29, 0.717) is 17.2 Å². The number of hydrogen-bond acceptors (Lipinski definition) is 5. The molecule has 168 valence electrons. The number of aromatic nitrogens is 3. The minimum absolute atomic E-state index is 0.00996. The van der Waals surface area contributed by atoms with Gasteiger partial charge in [0.1, 0.15) is 35.1 Å². The Morgan fingerprint density at radius 3 is 2.70 bits per heavy atom. The fraction of sp³-hybridized carbons (Fsp3) is 0.208. The maximum absolute atomic E-state index is 13.1. The van der Waals surface area contributed by atoms with Crippen LogP contribution in [0.5, 0.6) is 11.5 Å². The number of nitrogens with zero attached hydrogens (tertiary/aromatic N) is 3. The molecular formula is C24H21BrFN5O2. The van der Waals surface area contributed by atoms with Gasteiger partial charge in [-0.05, 0) is 65.2 Å². The Balaban J connectivity index is 1.21. The summed E-state index contributed by atoms with van der Waals surface area (Å²) in [6, 6.07) is 13.0. The average Bonchev–Trinajstić information content (AvgIpc) is 3.22. The first kappa shape index (κ1) is 21.4. The van der Waals surface area contributed by atoms with Crippen molar-refractivity contribution in [2.45, 2.75) is 12.8 Å². The molecule has 4 aromatic rings. The summed E-state index contributed by atoms with van der Waals surface area (Å²) < 4.78 is 19.8. The van der Waals surface area contributed by atoms with Gasteiger partial charge in [-0.25, -0.2) is 14.4 Å². The summed E-state index contributed by atoms with van der Waals surface area (Å²) in [5, 5.41) is 3.96. The second kappa shape index (κ2) is 9.19. The molecule has 0 bridgehead atoms. The minimum Gasteiger partial charge on any atom is -0.457 e. The Bertz CT molecular complexity index is 1290. The topological polar surface area (TPSA) is 83.1 Å². The highest BCUT2D eigenvalue weighted by Crippen LogP contribution is 2.32. The Morgan fingerprint density at radius 2 is 1.91 bits per heavy atom. The molecule has 3 heterocycles. The van der Waals surface area contributed by atoms with Gasteiger partial charge in [0, 0.05) is 41.4 Å². The van der Waals surface area contributed by atoms with E-state index >= 15 is 0 Å². The highest BCUT2D eigenvalue weighted by molar-refractivity contribution is 9.10. The van der Waals surface area contributed by atoms with Crippen LogP contribution in [0.15, 0.2) is 65.5 Å². The Labute approximate surface area is 198 Å². The number of carbonyl (C=O) groups is 1. The van der Waals surface area contributed by atoms with Crippen LogP contribution in [0.25, 0.3) is 11.0 Å². The van der Waals surface area contributed by atoms with Crippen molar-refractivity contribution >= 4 is 44.4 Å². The molecule has 0 spiro atoms. The van der Waals surface area contributed by atoms with E-state index < -0.39 is 0 Å². The van der Waals surface area contributed by atoms with E-state index in [-0.39, 0.29) is 17.6 Å². The van der Waals surface area contributed by atoms with Crippen LogP contribution in [0.1, 0.15) is 12.8 Å². The van der Waals surface area contributed by atoms with Crippen molar-refractivity contribution in [2.24, 2.45) is 5.92 Å². The van der Waals surface area contributed by atoms with Crippen LogP contribution in [-0.4, -0.2) is 33.9 Å². The fourth-order valence-electron chi connectivity index (χ4n) is 4.02. The van der Waals surface area contributed by atoms with Crippen LogP contribution >= 0.6 is 15.9 Å². The molecule has 1 aliphatic heterocycles. The van der Waals surface area contributed by atoms with E-state index in [9.17, 15) is 9.18 Å².